The monoisotopic (exact) mass is 436 g/mol. The Morgan fingerprint density at radius 2 is 1.61 bits per heavy atom. The summed E-state index contributed by atoms with van der Waals surface area (Å²) >= 11 is 0. The summed E-state index contributed by atoms with van der Waals surface area (Å²) in [5.74, 6) is -0.0786. The zero-order chi connectivity index (χ0) is 23.5. The van der Waals surface area contributed by atoms with Crippen LogP contribution in [0.5, 0.6) is 0 Å². The first-order valence-electron chi connectivity index (χ1n) is 12.8. The zero-order valence-corrected chi connectivity index (χ0v) is 21.5. The van der Waals surface area contributed by atoms with Crippen molar-refractivity contribution in [2.45, 2.75) is 125 Å². The van der Waals surface area contributed by atoms with Gasteiger partial charge in [-0.3, -0.25) is 4.79 Å². The van der Waals surface area contributed by atoms with Crippen LogP contribution in [0.15, 0.2) is 11.6 Å². The molecule has 4 N–H and O–H groups in total. The molecule has 4 heteroatoms. The van der Waals surface area contributed by atoms with Crippen molar-refractivity contribution in [3.63, 3.8) is 0 Å². The number of carbonyl (C=O) groups is 1. The van der Waals surface area contributed by atoms with Gasteiger partial charge in [0.25, 0.3) is 0 Å². The zero-order valence-electron chi connectivity index (χ0n) is 21.5. The van der Waals surface area contributed by atoms with E-state index in [0.29, 0.717) is 19.6 Å². The first kappa shape index (κ1) is 28.2. The molecule has 1 rings (SSSR count). The minimum atomic E-state index is -0.251. The van der Waals surface area contributed by atoms with Crippen LogP contribution < -0.4 is 11.5 Å². The summed E-state index contributed by atoms with van der Waals surface area (Å²) in [4.78, 5) is 12.2. The third kappa shape index (κ3) is 10.5. The molecule has 0 heterocycles. The molecule has 1 aliphatic rings. The lowest BCUT2D eigenvalue weighted by atomic mass is 9.59. The van der Waals surface area contributed by atoms with Crippen molar-refractivity contribution >= 4 is 5.97 Å². The highest BCUT2D eigenvalue weighted by atomic mass is 16.5. The molecule has 0 aromatic rings. The maximum Gasteiger partial charge on any atom is 0.305 e. The van der Waals surface area contributed by atoms with E-state index < -0.39 is 0 Å². The Hall–Kier alpha value is -0.870. The van der Waals surface area contributed by atoms with E-state index in [1.807, 2.05) is 0 Å². The van der Waals surface area contributed by atoms with Crippen LogP contribution in [0.4, 0.5) is 0 Å². The largest absolute Gasteiger partial charge is 0.465 e. The Bertz CT molecular complexity index is 568. The number of rotatable bonds is 14. The maximum absolute atomic E-state index is 12.2. The third-order valence-electron chi connectivity index (χ3n) is 6.82. The lowest BCUT2D eigenvalue weighted by molar-refractivity contribution is -0.146. The Balaban J connectivity index is 2.42. The summed E-state index contributed by atoms with van der Waals surface area (Å²) in [5.41, 5.74) is 13.8. The van der Waals surface area contributed by atoms with Gasteiger partial charge in [0, 0.05) is 29.8 Å². The summed E-state index contributed by atoms with van der Waals surface area (Å²) in [7, 11) is 0. The molecule has 0 spiro atoms. The second-order valence-electron chi connectivity index (χ2n) is 11.7. The number of hydrogen-bond donors (Lipinski definition) is 2. The van der Waals surface area contributed by atoms with Crippen LogP contribution in [-0.2, 0) is 9.53 Å². The SMILES string of the molecule is CCCCCCCCCCCC(=O)OCC(C)(C)/C=C1\C(N)CC(C)(C)CC1(C)CN. The van der Waals surface area contributed by atoms with Crippen LogP contribution in [0, 0.1) is 16.2 Å². The number of unbranched alkanes of at least 4 members (excludes halogenated alkanes) is 8. The van der Waals surface area contributed by atoms with Gasteiger partial charge < -0.3 is 16.2 Å². The van der Waals surface area contributed by atoms with E-state index in [2.05, 4.69) is 47.6 Å². The van der Waals surface area contributed by atoms with E-state index in [4.69, 9.17) is 16.2 Å². The van der Waals surface area contributed by atoms with Crippen LogP contribution in [0.3, 0.4) is 0 Å². The second-order valence-corrected chi connectivity index (χ2v) is 11.7. The van der Waals surface area contributed by atoms with Crippen LogP contribution in [0.25, 0.3) is 0 Å². The summed E-state index contributed by atoms with van der Waals surface area (Å²) in [6, 6.07) is 0.00856. The molecule has 2 atom stereocenters. The molecular formula is C27H52N2O2. The van der Waals surface area contributed by atoms with Gasteiger partial charge in [-0.2, -0.15) is 0 Å². The van der Waals surface area contributed by atoms with Crippen LogP contribution in [-0.4, -0.2) is 25.2 Å². The van der Waals surface area contributed by atoms with Crippen LogP contribution in [0.2, 0.25) is 0 Å². The maximum atomic E-state index is 12.2. The predicted molar refractivity (Wildman–Crippen MR) is 133 cm³/mol. The fourth-order valence-electron chi connectivity index (χ4n) is 5.24. The van der Waals surface area contributed by atoms with E-state index in [1.165, 1.54) is 50.5 Å². The highest BCUT2D eigenvalue weighted by molar-refractivity contribution is 5.69. The molecule has 1 aliphatic carbocycles. The molecule has 0 aromatic heterocycles. The minimum absolute atomic E-state index is 0.00856. The van der Waals surface area contributed by atoms with E-state index in [1.54, 1.807) is 0 Å². The molecule has 31 heavy (non-hydrogen) atoms. The third-order valence-corrected chi connectivity index (χ3v) is 6.82. The topological polar surface area (TPSA) is 78.3 Å². The van der Waals surface area contributed by atoms with Crippen molar-refractivity contribution in [2.75, 3.05) is 13.2 Å². The predicted octanol–water partition coefficient (Wildman–Crippen LogP) is 6.52. The molecule has 1 saturated carbocycles. The van der Waals surface area contributed by atoms with Gasteiger partial charge in [-0.05, 0) is 30.3 Å². The first-order chi connectivity index (χ1) is 14.4. The normalized spacial score (nSPS) is 25.0. The van der Waals surface area contributed by atoms with Gasteiger partial charge in [0.05, 0.1) is 6.61 Å². The van der Waals surface area contributed by atoms with Gasteiger partial charge in [-0.1, -0.05) is 99.0 Å². The van der Waals surface area contributed by atoms with E-state index >= 15 is 0 Å². The average Bonchev–Trinajstić information content (AvgIpc) is 2.67. The van der Waals surface area contributed by atoms with Crippen LogP contribution in [0.1, 0.15) is 119 Å². The highest BCUT2D eigenvalue weighted by Gasteiger charge is 2.43. The fourth-order valence-corrected chi connectivity index (χ4v) is 5.24. The average molecular weight is 437 g/mol. The van der Waals surface area contributed by atoms with E-state index in [0.717, 1.165) is 25.7 Å². The smallest absolute Gasteiger partial charge is 0.305 e. The number of nitrogens with two attached hydrogens (primary N) is 2. The van der Waals surface area contributed by atoms with Crippen molar-refractivity contribution in [3.8, 4) is 0 Å². The van der Waals surface area contributed by atoms with Crippen molar-refractivity contribution in [2.24, 2.45) is 27.7 Å². The van der Waals surface area contributed by atoms with Gasteiger partial charge in [0.15, 0.2) is 0 Å². The lowest BCUT2D eigenvalue weighted by Crippen LogP contribution is -2.48. The quantitative estimate of drug-likeness (QED) is 0.185. The Kier molecular flexibility index (Phi) is 11.8. The molecule has 182 valence electrons. The summed E-state index contributed by atoms with van der Waals surface area (Å²) in [5, 5.41) is 0. The molecule has 2 unspecified atom stereocenters. The summed E-state index contributed by atoms with van der Waals surface area (Å²) in [6.45, 7) is 14.2. The second kappa shape index (κ2) is 13.0. The van der Waals surface area contributed by atoms with Crippen molar-refractivity contribution in [1.29, 1.82) is 0 Å². The Morgan fingerprint density at radius 3 is 2.16 bits per heavy atom. The van der Waals surface area contributed by atoms with Gasteiger partial charge in [-0.15, -0.1) is 0 Å². The standard InChI is InChI=1S/C27H52N2O2/c1-7-8-9-10-11-12-13-14-15-16-24(30)31-21-26(4,5)17-22-23(29)18-25(2,3)19-27(22,6)20-28/h17,23H,7-16,18-21,28-29H2,1-6H3/b22-17+. The van der Waals surface area contributed by atoms with Crippen molar-refractivity contribution in [3.05, 3.63) is 11.6 Å². The minimum Gasteiger partial charge on any atom is -0.465 e. The molecule has 0 bridgehead atoms. The van der Waals surface area contributed by atoms with E-state index in [-0.39, 0.29) is 28.3 Å². The molecular weight excluding hydrogens is 384 g/mol. The molecule has 0 aliphatic heterocycles. The first-order valence-corrected chi connectivity index (χ1v) is 12.8. The van der Waals surface area contributed by atoms with Gasteiger partial charge >= 0.3 is 5.97 Å². The van der Waals surface area contributed by atoms with Gasteiger partial charge in [0.1, 0.15) is 0 Å². The number of esters is 1. The molecule has 1 fully saturated rings. The van der Waals surface area contributed by atoms with Crippen LogP contribution >= 0.6 is 0 Å². The molecule has 4 nitrogen and oxygen atoms in total. The molecule has 0 amide bonds. The number of hydrogen-bond acceptors (Lipinski definition) is 4. The Labute approximate surface area is 192 Å². The van der Waals surface area contributed by atoms with Crippen molar-refractivity contribution < 1.29 is 9.53 Å². The lowest BCUT2D eigenvalue weighted by Gasteiger charge is -2.48. The van der Waals surface area contributed by atoms with Gasteiger partial charge in [-0.25, -0.2) is 0 Å². The molecule has 0 radical (unpaired) electrons. The number of carbonyl (C=O) groups excluding carboxylic acids is 1. The molecule has 0 saturated heterocycles. The van der Waals surface area contributed by atoms with E-state index in [9.17, 15) is 4.79 Å². The fraction of sp³-hybridized carbons (Fsp3) is 0.889. The number of ether oxygens (including phenoxy) is 1. The summed E-state index contributed by atoms with van der Waals surface area (Å²) in [6.07, 6.45) is 16.0. The van der Waals surface area contributed by atoms with Crippen molar-refractivity contribution in [1.82, 2.24) is 0 Å². The summed E-state index contributed by atoms with van der Waals surface area (Å²) < 4.78 is 5.64. The van der Waals surface area contributed by atoms with Gasteiger partial charge in [0.2, 0.25) is 0 Å². The highest BCUT2D eigenvalue weighted by Crippen LogP contribution is 2.49. The Morgan fingerprint density at radius 1 is 1.06 bits per heavy atom. The molecule has 0 aromatic carbocycles.